The van der Waals surface area contributed by atoms with Crippen molar-refractivity contribution >= 4 is 11.6 Å². The van der Waals surface area contributed by atoms with Gasteiger partial charge in [-0.2, -0.15) is 0 Å². The fraction of sp³-hybridized carbons (Fsp3) is 0.682. The van der Waals surface area contributed by atoms with Gasteiger partial charge in [-0.25, -0.2) is 0 Å². The zero-order valence-electron chi connectivity index (χ0n) is 18.5. The van der Waals surface area contributed by atoms with Crippen molar-refractivity contribution in [3.63, 3.8) is 0 Å². The van der Waals surface area contributed by atoms with Gasteiger partial charge in [0.1, 0.15) is 5.75 Å². The van der Waals surface area contributed by atoms with Gasteiger partial charge in [0.15, 0.2) is 5.96 Å². The van der Waals surface area contributed by atoms with Gasteiger partial charge in [0.25, 0.3) is 0 Å². The number of hydrogen-bond acceptors (Lipinski definition) is 5. The Morgan fingerprint density at radius 1 is 0.897 bits per heavy atom. The Labute approximate surface area is 176 Å². The second kappa shape index (κ2) is 17.1. The van der Waals surface area contributed by atoms with Gasteiger partial charge in [0.2, 0.25) is 0 Å². The Hall–Kier alpha value is -1.83. The molecule has 0 heterocycles. The lowest BCUT2D eigenvalue weighted by Gasteiger charge is -2.14. The first-order valence-electron chi connectivity index (χ1n) is 10.5. The molecular weight excluding hydrogens is 370 g/mol. The molecule has 0 unspecified atom stereocenters. The van der Waals surface area contributed by atoms with Crippen LogP contribution in [0.4, 0.5) is 5.69 Å². The van der Waals surface area contributed by atoms with E-state index in [9.17, 15) is 0 Å². The number of hydrogen-bond donors (Lipinski definition) is 2. The van der Waals surface area contributed by atoms with Gasteiger partial charge in [0, 0.05) is 46.2 Å². The quantitative estimate of drug-likeness (QED) is 0.246. The maximum absolute atomic E-state index is 5.70. The molecule has 0 spiro atoms. The predicted molar refractivity (Wildman–Crippen MR) is 119 cm³/mol. The SMILES string of the molecule is COCCCCCNC(=NCCCOCCOC)Nc1ccc(OC(C)C)cc1. The van der Waals surface area contributed by atoms with Gasteiger partial charge in [-0.15, -0.1) is 0 Å². The lowest BCUT2D eigenvalue weighted by atomic mass is 10.2. The third-order valence-electron chi connectivity index (χ3n) is 3.96. The van der Waals surface area contributed by atoms with Crippen molar-refractivity contribution < 1.29 is 18.9 Å². The summed E-state index contributed by atoms with van der Waals surface area (Å²) in [6.45, 7) is 8.34. The van der Waals surface area contributed by atoms with Crippen LogP contribution in [0.5, 0.6) is 5.75 Å². The molecule has 0 amide bonds. The highest BCUT2D eigenvalue weighted by atomic mass is 16.5. The molecule has 1 aromatic rings. The molecule has 0 saturated heterocycles. The molecular formula is C22H39N3O4. The zero-order chi connectivity index (χ0) is 21.2. The molecule has 0 fully saturated rings. The van der Waals surface area contributed by atoms with Crippen LogP contribution < -0.4 is 15.4 Å². The van der Waals surface area contributed by atoms with E-state index in [-0.39, 0.29) is 6.10 Å². The number of benzene rings is 1. The molecule has 0 bridgehead atoms. The summed E-state index contributed by atoms with van der Waals surface area (Å²) < 4.78 is 21.3. The number of guanidine groups is 1. The van der Waals surface area contributed by atoms with Crippen molar-refractivity contribution in [3.8, 4) is 5.75 Å². The second-order valence-electron chi connectivity index (χ2n) is 6.99. The van der Waals surface area contributed by atoms with Crippen LogP contribution in [0, 0.1) is 0 Å². The topological polar surface area (TPSA) is 73.3 Å². The minimum atomic E-state index is 0.164. The van der Waals surface area contributed by atoms with Gasteiger partial charge in [-0.05, 0) is 63.8 Å². The predicted octanol–water partition coefficient (Wildman–Crippen LogP) is 3.70. The number of methoxy groups -OCH3 is 2. The standard InChI is InChI=1S/C22H39N3O4/c1-19(2)29-21-11-9-20(10-12-21)25-22(23-13-6-5-7-15-26-3)24-14-8-16-28-18-17-27-4/h9-12,19H,5-8,13-18H2,1-4H3,(H2,23,24,25). The monoisotopic (exact) mass is 409 g/mol. The first kappa shape index (κ1) is 25.2. The minimum Gasteiger partial charge on any atom is -0.491 e. The van der Waals surface area contributed by atoms with Gasteiger partial charge >= 0.3 is 0 Å². The lowest BCUT2D eigenvalue weighted by molar-refractivity contribution is 0.0702. The van der Waals surface area contributed by atoms with Crippen LogP contribution in [-0.2, 0) is 14.2 Å². The summed E-state index contributed by atoms with van der Waals surface area (Å²) in [4.78, 5) is 4.67. The fourth-order valence-electron chi connectivity index (χ4n) is 2.52. The van der Waals surface area contributed by atoms with Crippen molar-refractivity contribution in [2.45, 2.75) is 45.6 Å². The van der Waals surface area contributed by atoms with Crippen molar-refractivity contribution in [1.29, 1.82) is 0 Å². The largest absolute Gasteiger partial charge is 0.491 e. The third kappa shape index (κ3) is 13.9. The minimum absolute atomic E-state index is 0.164. The summed E-state index contributed by atoms with van der Waals surface area (Å²) in [7, 11) is 3.41. The third-order valence-corrected chi connectivity index (χ3v) is 3.96. The summed E-state index contributed by atoms with van der Waals surface area (Å²) in [6, 6.07) is 7.94. The first-order valence-corrected chi connectivity index (χ1v) is 10.5. The summed E-state index contributed by atoms with van der Waals surface area (Å²) in [5.74, 6) is 1.65. The maximum atomic E-state index is 5.70. The molecule has 7 nitrogen and oxygen atoms in total. The van der Waals surface area contributed by atoms with E-state index in [0.717, 1.165) is 56.2 Å². The van der Waals surface area contributed by atoms with E-state index in [4.69, 9.17) is 18.9 Å². The smallest absolute Gasteiger partial charge is 0.195 e. The fourth-order valence-corrected chi connectivity index (χ4v) is 2.52. The Kier molecular flexibility index (Phi) is 14.8. The number of ether oxygens (including phenoxy) is 4. The van der Waals surface area contributed by atoms with Gasteiger partial charge < -0.3 is 29.6 Å². The van der Waals surface area contributed by atoms with Crippen molar-refractivity contribution in [3.05, 3.63) is 24.3 Å². The van der Waals surface area contributed by atoms with Crippen molar-refractivity contribution in [1.82, 2.24) is 5.32 Å². The van der Waals surface area contributed by atoms with Crippen molar-refractivity contribution in [2.24, 2.45) is 4.99 Å². The van der Waals surface area contributed by atoms with Crippen molar-refractivity contribution in [2.75, 3.05) is 59.1 Å². The second-order valence-corrected chi connectivity index (χ2v) is 6.99. The lowest BCUT2D eigenvalue weighted by Crippen LogP contribution is -2.32. The Morgan fingerprint density at radius 2 is 1.66 bits per heavy atom. The Balaban J connectivity index is 2.48. The summed E-state index contributed by atoms with van der Waals surface area (Å²) >= 11 is 0. The molecule has 7 heteroatoms. The number of nitrogens with one attached hydrogen (secondary N) is 2. The summed E-state index contributed by atoms with van der Waals surface area (Å²) in [6.07, 6.45) is 4.31. The van der Waals surface area contributed by atoms with E-state index >= 15 is 0 Å². The number of unbranched alkanes of at least 4 members (excludes halogenated alkanes) is 2. The van der Waals surface area contributed by atoms with Gasteiger partial charge in [-0.1, -0.05) is 0 Å². The average Bonchev–Trinajstić information content (AvgIpc) is 2.70. The molecule has 0 aliphatic heterocycles. The Morgan fingerprint density at radius 3 is 2.34 bits per heavy atom. The molecule has 0 atom stereocenters. The number of nitrogens with zero attached hydrogens (tertiary/aromatic N) is 1. The molecule has 166 valence electrons. The van der Waals surface area contributed by atoms with Gasteiger partial charge in [-0.3, -0.25) is 4.99 Å². The molecule has 0 aromatic heterocycles. The Bertz CT molecular complexity index is 535. The molecule has 0 aliphatic carbocycles. The maximum Gasteiger partial charge on any atom is 0.195 e. The molecule has 29 heavy (non-hydrogen) atoms. The highest BCUT2D eigenvalue weighted by molar-refractivity contribution is 5.93. The molecule has 0 saturated carbocycles. The van der Waals surface area contributed by atoms with E-state index in [1.54, 1.807) is 14.2 Å². The normalized spacial score (nSPS) is 11.7. The van der Waals surface area contributed by atoms with Gasteiger partial charge in [0.05, 0.1) is 19.3 Å². The molecule has 1 rings (SSSR count). The van der Waals surface area contributed by atoms with Crippen LogP contribution in [0.2, 0.25) is 0 Å². The number of rotatable bonds is 16. The van der Waals surface area contributed by atoms with E-state index in [1.807, 2.05) is 38.1 Å². The molecule has 2 N–H and O–H groups in total. The highest BCUT2D eigenvalue weighted by Crippen LogP contribution is 2.16. The number of aliphatic imine (C=N–C) groups is 1. The molecule has 0 radical (unpaired) electrons. The van der Waals surface area contributed by atoms with Crippen LogP contribution in [0.15, 0.2) is 29.3 Å². The van der Waals surface area contributed by atoms with E-state index in [0.29, 0.717) is 26.4 Å². The molecule has 0 aliphatic rings. The summed E-state index contributed by atoms with van der Waals surface area (Å²) in [5.41, 5.74) is 0.975. The first-order chi connectivity index (χ1) is 14.2. The van der Waals surface area contributed by atoms with Crippen LogP contribution >= 0.6 is 0 Å². The van der Waals surface area contributed by atoms with Crippen LogP contribution in [0.3, 0.4) is 0 Å². The summed E-state index contributed by atoms with van der Waals surface area (Å²) in [5, 5.41) is 6.78. The van der Waals surface area contributed by atoms with E-state index < -0.39 is 0 Å². The van der Waals surface area contributed by atoms with E-state index in [1.165, 1.54) is 0 Å². The van der Waals surface area contributed by atoms with Crippen LogP contribution in [0.25, 0.3) is 0 Å². The van der Waals surface area contributed by atoms with E-state index in [2.05, 4.69) is 15.6 Å². The number of anilines is 1. The van der Waals surface area contributed by atoms with Crippen LogP contribution in [-0.4, -0.2) is 65.8 Å². The van der Waals surface area contributed by atoms with Crippen LogP contribution in [0.1, 0.15) is 39.5 Å². The highest BCUT2D eigenvalue weighted by Gasteiger charge is 2.02. The average molecular weight is 410 g/mol. The zero-order valence-corrected chi connectivity index (χ0v) is 18.5. The molecule has 1 aromatic carbocycles.